The van der Waals surface area contributed by atoms with Crippen molar-refractivity contribution in [3.8, 4) is 0 Å². The van der Waals surface area contributed by atoms with Crippen LogP contribution in [-0.4, -0.2) is 27.2 Å². The van der Waals surface area contributed by atoms with Gasteiger partial charge >= 0.3 is 5.97 Å². The Morgan fingerprint density at radius 1 is 1.33 bits per heavy atom. The van der Waals surface area contributed by atoms with Crippen LogP contribution < -0.4 is 5.32 Å². The van der Waals surface area contributed by atoms with Gasteiger partial charge in [-0.15, -0.1) is 0 Å². The van der Waals surface area contributed by atoms with Gasteiger partial charge in [0, 0.05) is 12.5 Å². The predicted octanol–water partition coefficient (Wildman–Crippen LogP) is 2.41. The van der Waals surface area contributed by atoms with Crippen LogP contribution in [-0.2, 0) is 4.79 Å². The Bertz CT molecular complexity index is 401. The van der Waals surface area contributed by atoms with Crippen molar-refractivity contribution in [1.82, 2.24) is 10.2 Å². The molecule has 0 aliphatic rings. The molecule has 1 heterocycles. The molecule has 0 saturated carbocycles. The van der Waals surface area contributed by atoms with Crippen molar-refractivity contribution in [2.45, 2.75) is 45.4 Å². The Labute approximate surface area is 106 Å². The molecule has 0 unspecified atom stereocenters. The minimum atomic E-state index is -1.09. The van der Waals surface area contributed by atoms with Crippen LogP contribution in [0.15, 0.2) is 6.07 Å². The quantitative estimate of drug-likeness (QED) is 0.620. The van der Waals surface area contributed by atoms with E-state index in [0.29, 0.717) is 6.42 Å². The van der Waals surface area contributed by atoms with Crippen molar-refractivity contribution in [2.24, 2.45) is 0 Å². The zero-order valence-electron chi connectivity index (χ0n) is 10.5. The second-order valence-electron chi connectivity index (χ2n) is 4.18. The fourth-order valence-electron chi connectivity index (χ4n) is 1.59. The molecule has 18 heavy (non-hydrogen) atoms. The van der Waals surface area contributed by atoms with E-state index in [9.17, 15) is 9.59 Å². The molecule has 0 aliphatic heterocycles. The Kier molecular flexibility index (Phi) is 5.90. The van der Waals surface area contributed by atoms with E-state index in [0.717, 1.165) is 19.3 Å². The first-order valence-corrected chi connectivity index (χ1v) is 6.22. The van der Waals surface area contributed by atoms with Gasteiger partial charge in [0.15, 0.2) is 5.82 Å². The Morgan fingerprint density at radius 3 is 2.67 bits per heavy atom. The minimum Gasteiger partial charge on any atom is -0.477 e. The number of carboxylic acid groups (broad SMARTS) is 1. The highest BCUT2D eigenvalue weighted by Gasteiger charge is 2.09. The van der Waals surface area contributed by atoms with Crippen LogP contribution in [0.2, 0.25) is 0 Å². The van der Waals surface area contributed by atoms with Crippen molar-refractivity contribution in [1.29, 1.82) is 0 Å². The molecule has 1 amide bonds. The number of aromatic nitrogens is 2. The smallest absolute Gasteiger partial charge is 0.353 e. The number of nitrogens with one attached hydrogen (secondary N) is 2. The Balaban J connectivity index is 2.24. The summed E-state index contributed by atoms with van der Waals surface area (Å²) in [6, 6.07) is 1.30. The van der Waals surface area contributed by atoms with E-state index in [-0.39, 0.29) is 17.4 Å². The van der Waals surface area contributed by atoms with Crippen molar-refractivity contribution in [2.75, 3.05) is 5.32 Å². The number of rotatable bonds is 8. The lowest BCUT2D eigenvalue weighted by atomic mass is 10.1. The Hall–Kier alpha value is -1.85. The van der Waals surface area contributed by atoms with E-state index in [4.69, 9.17) is 5.11 Å². The molecular formula is C12H19N3O3. The molecule has 0 radical (unpaired) electrons. The van der Waals surface area contributed by atoms with Gasteiger partial charge in [-0.05, 0) is 6.42 Å². The molecule has 6 nitrogen and oxygen atoms in total. The van der Waals surface area contributed by atoms with Gasteiger partial charge in [0.25, 0.3) is 0 Å². The summed E-state index contributed by atoms with van der Waals surface area (Å²) < 4.78 is 0. The molecule has 0 spiro atoms. The van der Waals surface area contributed by atoms with Crippen molar-refractivity contribution in [3.63, 3.8) is 0 Å². The topological polar surface area (TPSA) is 95.1 Å². The molecule has 3 N–H and O–H groups in total. The molecule has 0 saturated heterocycles. The minimum absolute atomic E-state index is 0.0340. The maximum Gasteiger partial charge on any atom is 0.353 e. The van der Waals surface area contributed by atoms with Crippen LogP contribution in [0.3, 0.4) is 0 Å². The van der Waals surface area contributed by atoms with Gasteiger partial charge in [-0.2, -0.15) is 5.10 Å². The van der Waals surface area contributed by atoms with Crippen LogP contribution in [0.1, 0.15) is 55.9 Å². The van der Waals surface area contributed by atoms with Crippen LogP contribution >= 0.6 is 0 Å². The number of unbranched alkanes of at least 4 members (excludes halogenated alkanes) is 4. The number of hydrogen-bond donors (Lipinski definition) is 3. The molecule has 0 fully saturated rings. The first kappa shape index (κ1) is 14.2. The molecule has 1 aromatic rings. The average molecular weight is 253 g/mol. The lowest BCUT2D eigenvalue weighted by Gasteiger charge is -2.01. The highest BCUT2D eigenvalue weighted by atomic mass is 16.4. The summed E-state index contributed by atoms with van der Waals surface area (Å²) in [5, 5.41) is 17.3. The molecule has 1 rings (SSSR count). The largest absolute Gasteiger partial charge is 0.477 e. The van der Waals surface area contributed by atoms with Gasteiger partial charge in [-0.25, -0.2) is 4.79 Å². The predicted molar refractivity (Wildman–Crippen MR) is 67.6 cm³/mol. The summed E-state index contributed by atoms with van der Waals surface area (Å²) in [6.45, 7) is 2.14. The van der Waals surface area contributed by atoms with Gasteiger partial charge in [-0.1, -0.05) is 32.6 Å². The van der Waals surface area contributed by atoms with Crippen LogP contribution in [0.4, 0.5) is 5.82 Å². The zero-order valence-corrected chi connectivity index (χ0v) is 10.5. The molecule has 100 valence electrons. The van der Waals surface area contributed by atoms with Crippen LogP contribution in [0, 0.1) is 0 Å². The third-order valence-corrected chi connectivity index (χ3v) is 2.58. The van der Waals surface area contributed by atoms with Gasteiger partial charge in [0.2, 0.25) is 5.91 Å². The number of H-pyrrole nitrogens is 1. The summed E-state index contributed by atoms with van der Waals surface area (Å²) >= 11 is 0. The van der Waals surface area contributed by atoms with Crippen LogP contribution in [0.25, 0.3) is 0 Å². The number of aromatic carboxylic acids is 1. The van der Waals surface area contributed by atoms with E-state index in [2.05, 4.69) is 22.4 Å². The van der Waals surface area contributed by atoms with Gasteiger partial charge in [0.05, 0.1) is 0 Å². The summed E-state index contributed by atoms with van der Waals surface area (Å²) in [7, 11) is 0. The fourth-order valence-corrected chi connectivity index (χ4v) is 1.59. The number of amides is 1. The molecule has 0 aliphatic carbocycles. The highest BCUT2D eigenvalue weighted by molar-refractivity contribution is 5.92. The molecule has 6 heteroatoms. The molecular weight excluding hydrogens is 234 g/mol. The lowest BCUT2D eigenvalue weighted by Crippen LogP contribution is -2.11. The second kappa shape index (κ2) is 7.47. The fraction of sp³-hybridized carbons (Fsp3) is 0.583. The first-order valence-electron chi connectivity index (χ1n) is 6.22. The maximum atomic E-state index is 11.5. The van der Waals surface area contributed by atoms with E-state index in [1.807, 2.05) is 0 Å². The van der Waals surface area contributed by atoms with Crippen LogP contribution in [0.5, 0.6) is 0 Å². The number of anilines is 1. The van der Waals surface area contributed by atoms with Crippen molar-refractivity contribution < 1.29 is 14.7 Å². The summed E-state index contributed by atoms with van der Waals surface area (Å²) in [5.41, 5.74) is -0.0340. The number of carboxylic acids is 1. The summed E-state index contributed by atoms with van der Waals surface area (Å²) in [6.07, 6.45) is 5.86. The van der Waals surface area contributed by atoms with E-state index in [1.54, 1.807) is 0 Å². The molecule has 0 aromatic carbocycles. The summed E-state index contributed by atoms with van der Waals surface area (Å²) in [5.74, 6) is -0.969. The number of carbonyl (C=O) groups is 2. The summed E-state index contributed by atoms with van der Waals surface area (Å²) in [4.78, 5) is 22.1. The monoisotopic (exact) mass is 253 g/mol. The van der Waals surface area contributed by atoms with Gasteiger partial charge in [0.1, 0.15) is 5.69 Å². The van der Waals surface area contributed by atoms with Gasteiger partial charge in [-0.3, -0.25) is 9.89 Å². The molecule has 1 aromatic heterocycles. The normalized spacial score (nSPS) is 10.3. The highest BCUT2D eigenvalue weighted by Crippen LogP contribution is 2.08. The number of nitrogens with zero attached hydrogens (tertiary/aromatic N) is 1. The van der Waals surface area contributed by atoms with Crippen molar-refractivity contribution in [3.05, 3.63) is 11.8 Å². The average Bonchev–Trinajstić information content (AvgIpc) is 2.77. The maximum absolute atomic E-state index is 11.5. The van der Waals surface area contributed by atoms with E-state index in [1.165, 1.54) is 18.9 Å². The third-order valence-electron chi connectivity index (χ3n) is 2.58. The van der Waals surface area contributed by atoms with Crippen molar-refractivity contribution >= 4 is 17.7 Å². The lowest BCUT2D eigenvalue weighted by molar-refractivity contribution is -0.116. The number of carbonyl (C=O) groups excluding carboxylic acids is 1. The first-order chi connectivity index (χ1) is 8.63. The standard InChI is InChI=1S/C12H19N3O3/c1-2-3-4-5-6-7-11(16)13-10-8-9(12(17)18)14-15-10/h8H,2-7H2,1H3,(H,17,18)(H2,13,14,15,16). The van der Waals surface area contributed by atoms with E-state index >= 15 is 0 Å². The Morgan fingerprint density at radius 2 is 2.06 bits per heavy atom. The second-order valence-corrected chi connectivity index (χ2v) is 4.18. The zero-order chi connectivity index (χ0) is 13.4. The number of aromatic amines is 1. The third kappa shape index (κ3) is 4.99. The molecule has 0 atom stereocenters. The SMILES string of the molecule is CCCCCCCC(=O)Nc1cc(C(=O)O)[nH]n1. The van der Waals surface area contributed by atoms with Gasteiger partial charge < -0.3 is 10.4 Å². The van der Waals surface area contributed by atoms with E-state index < -0.39 is 5.97 Å². The number of hydrogen-bond acceptors (Lipinski definition) is 3. The molecule has 0 bridgehead atoms.